The molecule has 2 rings (SSSR count). The number of nitrogens with two attached hydrogens (primary N) is 2. The number of aromatic nitrogens is 1. The molecule has 0 radical (unpaired) electrons. The smallest absolute Gasteiger partial charge is 0.166 e. The monoisotopic (exact) mass is 255 g/mol. The van der Waals surface area contributed by atoms with Gasteiger partial charge < -0.3 is 11.5 Å². The second-order valence-electron chi connectivity index (χ2n) is 4.61. The summed E-state index contributed by atoms with van der Waals surface area (Å²) in [6.45, 7) is 1.89. The molecule has 0 amide bonds. The standard InChI is InChI=1S/C15H17N3O/c1-10-8-13(15(17)18-9-10)14(19)7-4-11-2-5-12(16)6-3-11/h2-3,5-6,8-9H,4,7,16H2,1H3,(H2,17,18). The summed E-state index contributed by atoms with van der Waals surface area (Å²) in [5.74, 6) is 0.318. The topological polar surface area (TPSA) is 82.0 Å². The number of anilines is 2. The molecular weight excluding hydrogens is 238 g/mol. The van der Waals surface area contributed by atoms with E-state index in [1.54, 1.807) is 12.3 Å². The number of carbonyl (C=O) groups excluding carboxylic acids is 1. The lowest BCUT2D eigenvalue weighted by atomic mass is 10.0. The summed E-state index contributed by atoms with van der Waals surface area (Å²) < 4.78 is 0. The van der Waals surface area contributed by atoms with Gasteiger partial charge in [-0.1, -0.05) is 12.1 Å². The largest absolute Gasteiger partial charge is 0.399 e. The van der Waals surface area contributed by atoms with E-state index in [1.807, 2.05) is 31.2 Å². The van der Waals surface area contributed by atoms with Gasteiger partial charge >= 0.3 is 0 Å². The molecule has 4 heteroatoms. The lowest BCUT2D eigenvalue weighted by Gasteiger charge is -2.05. The predicted octanol–water partition coefficient (Wildman–Crippen LogP) is 2.37. The number of Topliss-reactive ketones (excluding diaryl/α,β-unsaturated/α-hetero) is 1. The Hall–Kier alpha value is -2.36. The van der Waals surface area contributed by atoms with E-state index in [0.29, 0.717) is 24.2 Å². The first-order chi connectivity index (χ1) is 9.06. The van der Waals surface area contributed by atoms with Crippen LogP contribution in [0.3, 0.4) is 0 Å². The van der Waals surface area contributed by atoms with Crippen molar-refractivity contribution in [2.24, 2.45) is 0 Å². The summed E-state index contributed by atoms with van der Waals surface area (Å²) in [7, 11) is 0. The highest BCUT2D eigenvalue weighted by Crippen LogP contribution is 2.15. The van der Waals surface area contributed by atoms with E-state index in [4.69, 9.17) is 11.5 Å². The van der Waals surface area contributed by atoms with Crippen molar-refractivity contribution in [3.05, 3.63) is 53.2 Å². The van der Waals surface area contributed by atoms with Crippen LogP contribution in [0.4, 0.5) is 11.5 Å². The average molecular weight is 255 g/mol. The normalized spacial score (nSPS) is 10.4. The highest BCUT2D eigenvalue weighted by molar-refractivity contribution is 6.00. The van der Waals surface area contributed by atoms with Crippen LogP contribution in [0.1, 0.15) is 27.9 Å². The molecule has 0 bridgehead atoms. The lowest BCUT2D eigenvalue weighted by Crippen LogP contribution is -2.07. The number of benzene rings is 1. The predicted molar refractivity (Wildman–Crippen MR) is 76.9 cm³/mol. The molecule has 0 aliphatic rings. The minimum Gasteiger partial charge on any atom is -0.399 e. The highest BCUT2D eigenvalue weighted by Gasteiger charge is 2.11. The van der Waals surface area contributed by atoms with Gasteiger partial charge in [0, 0.05) is 18.3 Å². The Labute approximate surface area is 112 Å². The van der Waals surface area contributed by atoms with E-state index < -0.39 is 0 Å². The number of hydrogen-bond acceptors (Lipinski definition) is 4. The van der Waals surface area contributed by atoms with Gasteiger partial charge in [-0.25, -0.2) is 4.98 Å². The molecule has 19 heavy (non-hydrogen) atoms. The van der Waals surface area contributed by atoms with Gasteiger partial charge in [0.25, 0.3) is 0 Å². The summed E-state index contributed by atoms with van der Waals surface area (Å²) >= 11 is 0. The second-order valence-corrected chi connectivity index (χ2v) is 4.61. The second kappa shape index (κ2) is 5.52. The van der Waals surface area contributed by atoms with E-state index in [-0.39, 0.29) is 5.78 Å². The van der Waals surface area contributed by atoms with Crippen LogP contribution in [0.25, 0.3) is 0 Å². The van der Waals surface area contributed by atoms with Gasteiger partial charge in [0.15, 0.2) is 5.78 Å². The van der Waals surface area contributed by atoms with E-state index in [1.165, 1.54) is 0 Å². The summed E-state index contributed by atoms with van der Waals surface area (Å²) in [4.78, 5) is 16.1. The van der Waals surface area contributed by atoms with Crippen LogP contribution in [0.2, 0.25) is 0 Å². The molecule has 2 aromatic rings. The highest BCUT2D eigenvalue weighted by atomic mass is 16.1. The fourth-order valence-electron chi connectivity index (χ4n) is 1.88. The first-order valence-corrected chi connectivity index (χ1v) is 6.16. The Kier molecular flexibility index (Phi) is 3.80. The van der Waals surface area contributed by atoms with Crippen LogP contribution in [-0.2, 0) is 6.42 Å². The third kappa shape index (κ3) is 3.31. The molecule has 0 saturated carbocycles. The Bertz CT molecular complexity index is 591. The number of carbonyl (C=O) groups is 1. The van der Waals surface area contributed by atoms with Crippen molar-refractivity contribution in [3.63, 3.8) is 0 Å². The molecular formula is C15H17N3O. The molecule has 0 unspecified atom stereocenters. The first-order valence-electron chi connectivity index (χ1n) is 6.16. The van der Waals surface area contributed by atoms with E-state index >= 15 is 0 Å². The number of hydrogen-bond donors (Lipinski definition) is 2. The Balaban J connectivity index is 2.05. The van der Waals surface area contributed by atoms with E-state index in [2.05, 4.69) is 4.98 Å². The maximum atomic E-state index is 12.1. The van der Waals surface area contributed by atoms with Gasteiger partial charge in [-0.2, -0.15) is 0 Å². The third-order valence-corrected chi connectivity index (χ3v) is 2.98. The van der Waals surface area contributed by atoms with Crippen molar-refractivity contribution >= 4 is 17.3 Å². The van der Waals surface area contributed by atoms with Gasteiger partial charge in [0.2, 0.25) is 0 Å². The molecule has 0 saturated heterocycles. The van der Waals surface area contributed by atoms with Gasteiger partial charge in [-0.05, 0) is 42.7 Å². The lowest BCUT2D eigenvalue weighted by molar-refractivity contribution is 0.0983. The SMILES string of the molecule is Cc1cnc(N)c(C(=O)CCc2ccc(N)cc2)c1. The van der Waals surface area contributed by atoms with E-state index in [0.717, 1.165) is 16.8 Å². The van der Waals surface area contributed by atoms with Gasteiger partial charge in [-0.3, -0.25) is 4.79 Å². The van der Waals surface area contributed by atoms with Crippen LogP contribution in [-0.4, -0.2) is 10.8 Å². The minimum atomic E-state index is 0.0190. The number of nitrogen functional groups attached to an aromatic ring is 2. The maximum absolute atomic E-state index is 12.1. The van der Waals surface area contributed by atoms with E-state index in [9.17, 15) is 4.79 Å². The molecule has 0 aliphatic carbocycles. The Morgan fingerprint density at radius 3 is 2.58 bits per heavy atom. The minimum absolute atomic E-state index is 0.0190. The molecule has 0 aliphatic heterocycles. The van der Waals surface area contributed by atoms with Gasteiger partial charge in [0.1, 0.15) is 5.82 Å². The van der Waals surface area contributed by atoms with Gasteiger partial charge in [0.05, 0.1) is 5.56 Å². The van der Waals surface area contributed by atoms with Gasteiger partial charge in [-0.15, -0.1) is 0 Å². The first kappa shape index (κ1) is 13.1. The fourth-order valence-corrected chi connectivity index (χ4v) is 1.88. The Morgan fingerprint density at radius 2 is 1.89 bits per heavy atom. The molecule has 4 nitrogen and oxygen atoms in total. The summed E-state index contributed by atoms with van der Waals surface area (Å²) in [6, 6.07) is 9.32. The van der Waals surface area contributed by atoms with Crippen molar-refractivity contribution in [3.8, 4) is 0 Å². The third-order valence-electron chi connectivity index (χ3n) is 2.98. The molecule has 1 aromatic carbocycles. The van der Waals surface area contributed by atoms with Crippen molar-refractivity contribution in [2.45, 2.75) is 19.8 Å². The molecule has 98 valence electrons. The summed E-state index contributed by atoms with van der Waals surface area (Å²) in [5.41, 5.74) is 14.6. The number of nitrogens with zero attached hydrogens (tertiary/aromatic N) is 1. The number of ketones is 1. The van der Waals surface area contributed by atoms with Crippen molar-refractivity contribution in [1.82, 2.24) is 4.98 Å². The number of pyridine rings is 1. The molecule has 0 atom stereocenters. The molecule has 4 N–H and O–H groups in total. The Morgan fingerprint density at radius 1 is 1.21 bits per heavy atom. The molecule has 0 fully saturated rings. The van der Waals surface area contributed by atoms with Crippen molar-refractivity contribution in [1.29, 1.82) is 0 Å². The molecule has 1 heterocycles. The van der Waals surface area contributed by atoms with Crippen LogP contribution in [0, 0.1) is 6.92 Å². The average Bonchev–Trinajstić information content (AvgIpc) is 2.40. The maximum Gasteiger partial charge on any atom is 0.166 e. The van der Waals surface area contributed by atoms with Crippen molar-refractivity contribution < 1.29 is 4.79 Å². The quantitative estimate of drug-likeness (QED) is 0.649. The summed E-state index contributed by atoms with van der Waals surface area (Å²) in [5, 5.41) is 0. The van der Waals surface area contributed by atoms with Crippen LogP contribution < -0.4 is 11.5 Å². The van der Waals surface area contributed by atoms with Crippen molar-refractivity contribution in [2.75, 3.05) is 11.5 Å². The van der Waals surface area contributed by atoms with Crippen LogP contribution in [0.15, 0.2) is 36.5 Å². The number of rotatable bonds is 4. The zero-order chi connectivity index (χ0) is 13.8. The fraction of sp³-hybridized carbons (Fsp3) is 0.200. The number of aryl methyl sites for hydroxylation is 2. The summed E-state index contributed by atoms with van der Waals surface area (Å²) in [6.07, 6.45) is 2.75. The zero-order valence-corrected chi connectivity index (χ0v) is 10.9. The zero-order valence-electron chi connectivity index (χ0n) is 10.9. The van der Waals surface area contributed by atoms with Crippen LogP contribution in [0.5, 0.6) is 0 Å². The van der Waals surface area contributed by atoms with Crippen LogP contribution >= 0.6 is 0 Å². The molecule has 0 spiro atoms. The molecule has 1 aromatic heterocycles.